The minimum absolute atomic E-state index is 0.205. The van der Waals surface area contributed by atoms with Gasteiger partial charge in [0.25, 0.3) is 0 Å². The van der Waals surface area contributed by atoms with Crippen LogP contribution in [0.3, 0.4) is 0 Å². The van der Waals surface area contributed by atoms with Crippen LogP contribution in [0.5, 0.6) is 0 Å². The Labute approximate surface area is 106 Å². The van der Waals surface area contributed by atoms with Gasteiger partial charge in [0.1, 0.15) is 5.82 Å². The van der Waals surface area contributed by atoms with Gasteiger partial charge in [-0.25, -0.2) is 4.39 Å². The van der Waals surface area contributed by atoms with Gasteiger partial charge in [0, 0.05) is 18.7 Å². The number of nitrogens with one attached hydrogen (secondary N) is 1. The fourth-order valence-corrected chi connectivity index (χ4v) is 2.63. The van der Waals surface area contributed by atoms with Gasteiger partial charge in [0.05, 0.1) is 11.9 Å². The minimum Gasteiger partial charge on any atom is -0.309 e. The highest BCUT2D eigenvalue weighted by atomic mass is 19.1. The molecule has 94 valence electrons. The normalized spacial score (nSPS) is 19.3. The number of hydrogen-bond donors (Lipinski definition) is 1. The number of aromatic nitrogens is 2. The van der Waals surface area contributed by atoms with Crippen LogP contribution in [0.1, 0.15) is 24.6 Å². The van der Waals surface area contributed by atoms with E-state index in [1.54, 1.807) is 0 Å². The summed E-state index contributed by atoms with van der Waals surface area (Å²) in [7, 11) is 1.96. The highest BCUT2D eigenvalue weighted by molar-refractivity contribution is 5.66. The Kier molecular flexibility index (Phi) is 2.88. The lowest BCUT2D eigenvalue weighted by Gasteiger charge is -2.13. The van der Waals surface area contributed by atoms with E-state index < -0.39 is 0 Å². The van der Waals surface area contributed by atoms with E-state index in [1.165, 1.54) is 24.2 Å². The molecule has 1 atom stereocenters. The van der Waals surface area contributed by atoms with Crippen molar-refractivity contribution in [3.63, 3.8) is 0 Å². The third-order valence-electron chi connectivity index (χ3n) is 3.53. The maximum Gasteiger partial charge on any atom is 0.123 e. The van der Waals surface area contributed by atoms with E-state index in [0.29, 0.717) is 6.04 Å². The number of rotatable bonds is 2. The van der Waals surface area contributed by atoms with Crippen molar-refractivity contribution in [2.45, 2.75) is 18.9 Å². The van der Waals surface area contributed by atoms with Crippen LogP contribution < -0.4 is 5.32 Å². The Morgan fingerprint density at radius 1 is 1.33 bits per heavy atom. The van der Waals surface area contributed by atoms with Gasteiger partial charge >= 0.3 is 0 Å². The molecule has 4 heteroatoms. The molecule has 0 radical (unpaired) electrons. The Hall–Kier alpha value is -1.68. The molecule has 0 spiro atoms. The van der Waals surface area contributed by atoms with Crippen molar-refractivity contribution in [3.05, 3.63) is 42.0 Å². The molecule has 0 saturated carbocycles. The molecular weight excluding hydrogens is 229 g/mol. The zero-order valence-electron chi connectivity index (χ0n) is 10.4. The van der Waals surface area contributed by atoms with Crippen LogP contribution in [0.2, 0.25) is 0 Å². The lowest BCUT2D eigenvalue weighted by Crippen LogP contribution is -2.17. The average Bonchev–Trinajstić information content (AvgIpc) is 2.99. The monoisotopic (exact) mass is 245 g/mol. The summed E-state index contributed by atoms with van der Waals surface area (Å²) < 4.78 is 14.9. The number of halogens is 1. The van der Waals surface area contributed by atoms with Gasteiger partial charge in [0.15, 0.2) is 0 Å². The number of hydrogen-bond acceptors (Lipinski definition) is 2. The van der Waals surface area contributed by atoms with Crippen molar-refractivity contribution < 1.29 is 4.39 Å². The van der Waals surface area contributed by atoms with Gasteiger partial charge in [-0.3, -0.25) is 4.68 Å². The van der Waals surface area contributed by atoms with Crippen LogP contribution in [-0.2, 0) is 7.05 Å². The second-order valence-electron chi connectivity index (χ2n) is 4.72. The SMILES string of the molecule is Cn1ncc(-c2ccc(F)cc2)c1C1CCCN1. The zero-order chi connectivity index (χ0) is 12.5. The third-order valence-corrected chi connectivity index (χ3v) is 3.53. The summed E-state index contributed by atoms with van der Waals surface area (Å²) in [4.78, 5) is 0. The van der Waals surface area contributed by atoms with Crippen LogP contribution in [0.15, 0.2) is 30.5 Å². The summed E-state index contributed by atoms with van der Waals surface area (Å²) in [6.45, 7) is 1.05. The summed E-state index contributed by atoms with van der Waals surface area (Å²) in [6, 6.07) is 6.97. The van der Waals surface area contributed by atoms with E-state index in [1.807, 2.05) is 30.1 Å². The smallest absolute Gasteiger partial charge is 0.123 e. The van der Waals surface area contributed by atoms with Crippen molar-refractivity contribution >= 4 is 0 Å². The van der Waals surface area contributed by atoms with Gasteiger partial charge in [-0.15, -0.1) is 0 Å². The largest absolute Gasteiger partial charge is 0.309 e. The minimum atomic E-state index is -0.205. The molecule has 2 heterocycles. The van der Waals surface area contributed by atoms with Gasteiger partial charge in [-0.1, -0.05) is 12.1 Å². The second-order valence-corrected chi connectivity index (χ2v) is 4.72. The fraction of sp³-hybridized carbons (Fsp3) is 0.357. The Bertz CT molecular complexity index is 539. The summed E-state index contributed by atoms with van der Waals surface area (Å²) in [5, 5.41) is 7.83. The first-order valence-electron chi connectivity index (χ1n) is 6.27. The lowest BCUT2D eigenvalue weighted by atomic mass is 10.0. The average molecular weight is 245 g/mol. The molecule has 18 heavy (non-hydrogen) atoms. The van der Waals surface area contributed by atoms with Gasteiger partial charge < -0.3 is 5.32 Å². The highest BCUT2D eigenvalue weighted by Gasteiger charge is 2.23. The summed E-state index contributed by atoms with van der Waals surface area (Å²) in [5.74, 6) is -0.205. The van der Waals surface area contributed by atoms with E-state index in [2.05, 4.69) is 10.4 Å². The summed E-state index contributed by atoms with van der Waals surface area (Å²) >= 11 is 0. The summed E-state index contributed by atoms with van der Waals surface area (Å²) in [6.07, 6.45) is 4.19. The zero-order valence-corrected chi connectivity index (χ0v) is 10.4. The van der Waals surface area contributed by atoms with Crippen molar-refractivity contribution in [3.8, 4) is 11.1 Å². The first kappa shape index (κ1) is 11.4. The molecule has 1 unspecified atom stereocenters. The van der Waals surface area contributed by atoms with Crippen molar-refractivity contribution in [1.29, 1.82) is 0 Å². The maximum atomic E-state index is 13.0. The Morgan fingerprint density at radius 3 is 2.78 bits per heavy atom. The molecular formula is C14H16FN3. The molecule has 1 fully saturated rings. The molecule has 3 nitrogen and oxygen atoms in total. The third kappa shape index (κ3) is 1.93. The lowest BCUT2D eigenvalue weighted by molar-refractivity contribution is 0.575. The van der Waals surface area contributed by atoms with Gasteiger partial charge in [-0.2, -0.15) is 5.10 Å². The maximum absolute atomic E-state index is 13.0. The second kappa shape index (κ2) is 4.53. The molecule has 0 bridgehead atoms. The molecule has 0 aliphatic carbocycles. The van der Waals surface area contributed by atoms with E-state index >= 15 is 0 Å². The quantitative estimate of drug-likeness (QED) is 0.881. The standard InChI is InChI=1S/C14H16FN3/c1-18-14(13-3-2-8-16-13)12(9-17-18)10-4-6-11(15)7-5-10/h4-7,9,13,16H,2-3,8H2,1H3. The molecule has 1 saturated heterocycles. The Balaban J connectivity index is 2.04. The fourth-order valence-electron chi connectivity index (χ4n) is 2.63. The predicted octanol–water partition coefficient (Wildman–Crippen LogP) is 2.65. The molecule has 1 aromatic heterocycles. The first-order valence-corrected chi connectivity index (χ1v) is 6.27. The van der Waals surface area contributed by atoms with Crippen LogP contribution in [-0.4, -0.2) is 16.3 Å². The van der Waals surface area contributed by atoms with E-state index in [4.69, 9.17) is 0 Å². The first-order chi connectivity index (χ1) is 8.75. The molecule has 1 aliphatic heterocycles. The predicted molar refractivity (Wildman–Crippen MR) is 68.6 cm³/mol. The van der Waals surface area contributed by atoms with Crippen LogP contribution in [0.4, 0.5) is 4.39 Å². The number of benzene rings is 1. The topological polar surface area (TPSA) is 29.9 Å². The Morgan fingerprint density at radius 2 is 2.11 bits per heavy atom. The molecule has 1 N–H and O–H groups in total. The highest BCUT2D eigenvalue weighted by Crippen LogP contribution is 2.32. The molecule has 0 amide bonds. The van der Waals surface area contributed by atoms with E-state index in [0.717, 1.165) is 24.1 Å². The van der Waals surface area contributed by atoms with Gasteiger partial charge in [-0.05, 0) is 37.1 Å². The van der Waals surface area contributed by atoms with Crippen molar-refractivity contribution in [1.82, 2.24) is 15.1 Å². The van der Waals surface area contributed by atoms with Crippen molar-refractivity contribution in [2.75, 3.05) is 6.54 Å². The number of nitrogens with zero attached hydrogens (tertiary/aromatic N) is 2. The molecule has 2 aromatic rings. The molecule has 3 rings (SSSR count). The summed E-state index contributed by atoms with van der Waals surface area (Å²) in [5.41, 5.74) is 3.31. The van der Waals surface area contributed by atoms with Crippen LogP contribution >= 0.6 is 0 Å². The van der Waals surface area contributed by atoms with Crippen LogP contribution in [0, 0.1) is 5.82 Å². The van der Waals surface area contributed by atoms with Gasteiger partial charge in [0.2, 0.25) is 0 Å². The van der Waals surface area contributed by atoms with Crippen molar-refractivity contribution in [2.24, 2.45) is 7.05 Å². The van der Waals surface area contributed by atoms with E-state index in [-0.39, 0.29) is 5.82 Å². The molecule has 1 aromatic carbocycles. The van der Waals surface area contributed by atoms with E-state index in [9.17, 15) is 4.39 Å². The molecule has 1 aliphatic rings. The van der Waals surface area contributed by atoms with Crippen LogP contribution in [0.25, 0.3) is 11.1 Å². The number of aryl methyl sites for hydroxylation is 1.